The molecule has 0 aromatic carbocycles. The van der Waals surface area contributed by atoms with E-state index in [1.807, 2.05) is 0 Å². The molecule has 34 heavy (non-hydrogen) atoms. The van der Waals surface area contributed by atoms with E-state index in [1.165, 1.54) is 21.6 Å². The van der Waals surface area contributed by atoms with Gasteiger partial charge in [0.2, 0.25) is 11.5 Å². The molecule has 0 spiro atoms. The predicted octanol–water partition coefficient (Wildman–Crippen LogP) is 0.776. The molecule has 0 radical (unpaired) electrons. The standard InChI is InChI=1S/C22H26F2N6O4/c23-22(24)7-9-28(10-8-22)15(31)6-5-14-17(25)27-30-19(14)29(11-12-1-2-12)20(33)16(21(30)34)18(32)26-13-3-4-13/h5-6,12-13H,1-4,7-11H2,(H4,25,26,27,32,33,34)/p+1/b6-5+. The number of likely N-dealkylation sites (tertiary alicyclic amines) is 1. The highest BCUT2D eigenvalue weighted by atomic mass is 19.3. The molecule has 0 bridgehead atoms. The molecule has 0 unspecified atom stereocenters. The number of nitrogens with two attached hydrogens (primary N) is 1. The topological polar surface area (TPSA) is 137 Å². The maximum absolute atomic E-state index is 13.4. The third-order valence-electron chi connectivity index (χ3n) is 6.60. The number of rotatable bonds is 6. The summed E-state index contributed by atoms with van der Waals surface area (Å²) < 4.78 is 29.4. The molecule has 3 fully saturated rings. The number of amides is 2. The van der Waals surface area contributed by atoms with Crippen LogP contribution in [0, 0.1) is 5.92 Å². The second kappa shape index (κ2) is 8.10. The number of hydrogen-bond acceptors (Lipinski definition) is 5. The zero-order valence-electron chi connectivity index (χ0n) is 18.5. The summed E-state index contributed by atoms with van der Waals surface area (Å²) in [7, 11) is 0. The molecule has 3 aliphatic rings. The first kappa shape index (κ1) is 22.4. The van der Waals surface area contributed by atoms with E-state index >= 15 is 0 Å². The second-order valence-corrected chi connectivity index (χ2v) is 9.42. The average Bonchev–Trinajstić information content (AvgIpc) is 3.70. The summed E-state index contributed by atoms with van der Waals surface area (Å²) in [6.45, 7) is 0.258. The van der Waals surface area contributed by atoms with Crippen molar-refractivity contribution >= 4 is 29.4 Å². The monoisotopic (exact) mass is 477 g/mol. The summed E-state index contributed by atoms with van der Waals surface area (Å²) in [5.41, 5.74) is 5.51. The lowest BCUT2D eigenvalue weighted by atomic mass is 10.1. The van der Waals surface area contributed by atoms with Crippen molar-refractivity contribution in [2.24, 2.45) is 5.92 Å². The van der Waals surface area contributed by atoms with E-state index < -0.39 is 42.0 Å². The Morgan fingerprint density at radius 3 is 2.53 bits per heavy atom. The van der Waals surface area contributed by atoms with Crippen LogP contribution in [-0.4, -0.2) is 56.5 Å². The van der Waals surface area contributed by atoms with Gasteiger partial charge in [-0.2, -0.15) is 4.57 Å². The van der Waals surface area contributed by atoms with Gasteiger partial charge in [-0.3, -0.25) is 9.59 Å². The summed E-state index contributed by atoms with van der Waals surface area (Å²) in [4.78, 5) is 39.7. The van der Waals surface area contributed by atoms with Crippen LogP contribution in [0.1, 0.15) is 54.4 Å². The minimum atomic E-state index is -2.77. The van der Waals surface area contributed by atoms with Crippen LogP contribution in [0.3, 0.4) is 0 Å². The lowest BCUT2D eigenvalue weighted by Gasteiger charge is -2.30. The zero-order valence-corrected chi connectivity index (χ0v) is 18.5. The van der Waals surface area contributed by atoms with Crippen LogP contribution in [0.15, 0.2) is 10.9 Å². The van der Waals surface area contributed by atoms with Crippen LogP contribution in [0.4, 0.5) is 14.6 Å². The first-order valence-electron chi connectivity index (χ1n) is 11.5. The van der Waals surface area contributed by atoms with Crippen LogP contribution in [0.5, 0.6) is 5.88 Å². The molecule has 2 amide bonds. The summed E-state index contributed by atoms with van der Waals surface area (Å²) >= 11 is 0. The van der Waals surface area contributed by atoms with Gasteiger partial charge in [-0.1, -0.05) is 4.52 Å². The number of aromatic amines is 1. The van der Waals surface area contributed by atoms with Crippen molar-refractivity contribution in [2.45, 2.75) is 57.0 Å². The van der Waals surface area contributed by atoms with Gasteiger partial charge in [0.25, 0.3) is 11.8 Å². The highest BCUT2D eigenvalue weighted by Gasteiger charge is 2.38. The number of carbonyl (C=O) groups excluding carboxylic acids is 2. The summed E-state index contributed by atoms with van der Waals surface area (Å²) in [5.74, 6) is -3.97. The molecule has 10 nitrogen and oxygen atoms in total. The van der Waals surface area contributed by atoms with E-state index in [2.05, 4.69) is 10.4 Å². The van der Waals surface area contributed by atoms with Crippen LogP contribution < -0.4 is 21.2 Å². The maximum Gasteiger partial charge on any atom is 0.378 e. The molecule has 182 valence electrons. The number of carbonyl (C=O) groups is 2. The number of anilines is 1. The number of piperidine rings is 1. The number of nitrogen functional groups attached to an aromatic ring is 1. The largest absolute Gasteiger partial charge is 0.477 e. The van der Waals surface area contributed by atoms with Crippen molar-refractivity contribution in [2.75, 3.05) is 18.8 Å². The van der Waals surface area contributed by atoms with Gasteiger partial charge in [-0.15, -0.1) is 0 Å². The van der Waals surface area contributed by atoms with E-state index in [1.54, 1.807) is 0 Å². The van der Waals surface area contributed by atoms with Gasteiger partial charge in [0.1, 0.15) is 5.56 Å². The number of halogens is 2. The van der Waals surface area contributed by atoms with Crippen LogP contribution in [0.25, 0.3) is 11.7 Å². The number of nitrogens with zero attached hydrogens (tertiary/aromatic N) is 3. The van der Waals surface area contributed by atoms with Crippen molar-refractivity contribution in [3.63, 3.8) is 0 Å². The van der Waals surface area contributed by atoms with Crippen LogP contribution in [-0.2, 0) is 11.3 Å². The van der Waals surface area contributed by atoms with E-state index in [4.69, 9.17) is 5.73 Å². The van der Waals surface area contributed by atoms with Crippen LogP contribution in [0.2, 0.25) is 0 Å². The number of aromatic nitrogens is 3. The van der Waals surface area contributed by atoms with Crippen molar-refractivity contribution < 1.29 is 28.0 Å². The van der Waals surface area contributed by atoms with Crippen molar-refractivity contribution in [1.29, 1.82) is 0 Å². The van der Waals surface area contributed by atoms with Gasteiger partial charge in [0, 0.05) is 38.0 Å². The highest BCUT2D eigenvalue weighted by Crippen LogP contribution is 2.31. The predicted molar refractivity (Wildman–Crippen MR) is 117 cm³/mol. The minimum Gasteiger partial charge on any atom is -0.477 e. The molecule has 1 aliphatic heterocycles. The Hall–Kier alpha value is -3.44. The summed E-state index contributed by atoms with van der Waals surface area (Å²) in [5, 5.41) is 16.4. The molecule has 3 heterocycles. The number of H-pyrrole nitrogens is 1. The van der Waals surface area contributed by atoms with Gasteiger partial charge in [0.05, 0.1) is 6.54 Å². The molecule has 2 aromatic heterocycles. The molecule has 2 aromatic rings. The lowest BCUT2D eigenvalue weighted by Crippen LogP contribution is -2.45. The number of nitrogens with one attached hydrogen (secondary N) is 2. The first-order chi connectivity index (χ1) is 16.1. The Morgan fingerprint density at radius 2 is 1.91 bits per heavy atom. The molecular weight excluding hydrogens is 450 g/mol. The molecular formula is C22H27F2N6O4+. The number of alkyl halides is 2. The Balaban J connectivity index is 1.53. The van der Waals surface area contributed by atoms with E-state index in [9.17, 15) is 28.3 Å². The van der Waals surface area contributed by atoms with Crippen molar-refractivity contribution in [3.8, 4) is 5.88 Å². The summed E-state index contributed by atoms with van der Waals surface area (Å²) in [6, 6.07) is -0.00293. The smallest absolute Gasteiger partial charge is 0.378 e. The van der Waals surface area contributed by atoms with E-state index in [-0.39, 0.29) is 47.6 Å². The van der Waals surface area contributed by atoms with Crippen LogP contribution >= 0.6 is 0 Å². The maximum atomic E-state index is 13.4. The quantitative estimate of drug-likeness (QED) is 0.360. The number of aromatic hydroxyl groups is 1. The number of fused-ring (bicyclic) bond motifs is 1. The third-order valence-corrected chi connectivity index (χ3v) is 6.60. The molecule has 5 N–H and O–H groups in total. The Kier molecular flexibility index (Phi) is 5.33. The van der Waals surface area contributed by atoms with Crippen molar-refractivity contribution in [1.82, 2.24) is 19.8 Å². The molecule has 2 aliphatic carbocycles. The summed E-state index contributed by atoms with van der Waals surface area (Å²) in [6.07, 6.45) is 5.39. The fourth-order valence-electron chi connectivity index (χ4n) is 4.22. The van der Waals surface area contributed by atoms with Gasteiger partial charge in [-0.25, -0.2) is 18.7 Å². The fraction of sp³-hybridized carbons (Fsp3) is 0.545. The van der Waals surface area contributed by atoms with E-state index in [0.717, 1.165) is 30.2 Å². The SMILES string of the molecule is Nc1[nH]n2c(=O)c(C(=O)NC3CC3)c(O)[n+](CC3CC3)c2c1/C=C/C(=O)N1CCC(F)(F)CC1. The Bertz CT molecular complexity index is 1250. The normalized spacial score (nSPS) is 20.2. The van der Waals surface area contributed by atoms with Gasteiger partial charge in [0.15, 0.2) is 5.82 Å². The lowest BCUT2D eigenvalue weighted by molar-refractivity contribution is -0.684. The molecule has 2 saturated carbocycles. The second-order valence-electron chi connectivity index (χ2n) is 9.42. The van der Waals surface area contributed by atoms with Gasteiger partial charge < -0.3 is 21.1 Å². The number of hydrogen-bond donors (Lipinski definition) is 4. The molecule has 12 heteroatoms. The molecule has 0 atom stereocenters. The highest BCUT2D eigenvalue weighted by molar-refractivity contribution is 5.96. The zero-order chi connectivity index (χ0) is 24.2. The minimum absolute atomic E-state index is 0.00293. The van der Waals surface area contributed by atoms with Gasteiger partial charge >= 0.3 is 17.1 Å². The van der Waals surface area contributed by atoms with Crippen molar-refractivity contribution in [3.05, 3.63) is 27.6 Å². The Morgan fingerprint density at radius 1 is 1.24 bits per heavy atom. The van der Waals surface area contributed by atoms with E-state index in [0.29, 0.717) is 6.54 Å². The third kappa shape index (κ3) is 4.24. The van der Waals surface area contributed by atoms with Gasteiger partial charge in [-0.05, 0) is 37.7 Å². The average molecular weight is 477 g/mol. The molecule has 5 rings (SSSR count). The first-order valence-corrected chi connectivity index (χ1v) is 11.5. The molecule has 1 saturated heterocycles. The Labute approximate surface area is 193 Å². The fourth-order valence-corrected chi connectivity index (χ4v) is 4.22.